The lowest BCUT2D eigenvalue weighted by molar-refractivity contribution is -0.115. The molecule has 28 heavy (non-hydrogen) atoms. The number of aryl methyl sites for hydroxylation is 1. The molecule has 0 radical (unpaired) electrons. The maximum atomic E-state index is 12.4. The van der Waals surface area contributed by atoms with Gasteiger partial charge in [-0.05, 0) is 38.5 Å². The van der Waals surface area contributed by atoms with Crippen molar-refractivity contribution >= 4 is 34.1 Å². The first-order valence-corrected chi connectivity index (χ1v) is 10.5. The van der Waals surface area contributed by atoms with Crippen LogP contribution >= 0.6 is 23.1 Å². The predicted octanol–water partition coefficient (Wildman–Crippen LogP) is 3.18. The second-order valence-corrected chi connectivity index (χ2v) is 8.53. The summed E-state index contributed by atoms with van der Waals surface area (Å²) in [5.74, 6) is 1.55. The molecule has 0 unspecified atom stereocenters. The van der Waals surface area contributed by atoms with E-state index in [4.69, 9.17) is 4.74 Å². The first kappa shape index (κ1) is 20.3. The van der Waals surface area contributed by atoms with Crippen molar-refractivity contribution in [3.8, 4) is 5.75 Å². The summed E-state index contributed by atoms with van der Waals surface area (Å²) in [4.78, 5) is 12.4. The van der Waals surface area contributed by atoms with Crippen LogP contribution in [0.15, 0.2) is 29.4 Å². The van der Waals surface area contributed by atoms with Gasteiger partial charge >= 0.3 is 0 Å². The highest BCUT2D eigenvalue weighted by molar-refractivity contribution is 8.00. The number of rotatable bonds is 8. The minimum Gasteiger partial charge on any atom is -0.497 e. The van der Waals surface area contributed by atoms with Crippen molar-refractivity contribution in [1.82, 2.24) is 25.0 Å². The fraction of sp³-hybridized carbons (Fsp3) is 0.389. The van der Waals surface area contributed by atoms with Crippen LogP contribution < -0.4 is 10.1 Å². The van der Waals surface area contributed by atoms with E-state index in [0.717, 1.165) is 33.8 Å². The second kappa shape index (κ2) is 9.16. The van der Waals surface area contributed by atoms with Gasteiger partial charge < -0.3 is 9.30 Å². The molecule has 1 aromatic carbocycles. The summed E-state index contributed by atoms with van der Waals surface area (Å²) in [7, 11) is 1.65. The normalized spacial score (nSPS) is 12.0. The van der Waals surface area contributed by atoms with Gasteiger partial charge in [-0.1, -0.05) is 35.2 Å². The molecule has 1 amide bonds. The van der Waals surface area contributed by atoms with Gasteiger partial charge in [0.2, 0.25) is 11.0 Å². The number of amides is 1. The molecular weight excluding hydrogens is 396 g/mol. The molecule has 10 heteroatoms. The average molecular weight is 419 g/mol. The molecule has 0 spiro atoms. The predicted molar refractivity (Wildman–Crippen MR) is 110 cm³/mol. The number of ether oxygens (including phenoxy) is 1. The van der Waals surface area contributed by atoms with E-state index in [1.165, 1.54) is 23.1 Å². The van der Waals surface area contributed by atoms with Gasteiger partial charge in [-0.3, -0.25) is 10.1 Å². The summed E-state index contributed by atoms with van der Waals surface area (Å²) in [6.07, 6.45) is 0.663. The number of methoxy groups -OCH3 is 1. The number of hydrogen-bond donors (Lipinski definition) is 1. The Morgan fingerprint density at radius 2 is 2.00 bits per heavy atom. The summed E-state index contributed by atoms with van der Waals surface area (Å²) in [6.45, 7) is 6.45. The van der Waals surface area contributed by atoms with Gasteiger partial charge in [0.25, 0.3) is 0 Å². The van der Waals surface area contributed by atoms with Gasteiger partial charge in [0.15, 0.2) is 5.16 Å². The van der Waals surface area contributed by atoms with Crippen molar-refractivity contribution in [2.75, 3.05) is 12.4 Å². The Labute approximate surface area is 171 Å². The minimum absolute atomic E-state index is 0.136. The zero-order valence-corrected chi connectivity index (χ0v) is 17.8. The van der Waals surface area contributed by atoms with E-state index in [1.54, 1.807) is 7.11 Å². The molecule has 0 saturated carbocycles. The Kier molecular flexibility index (Phi) is 6.63. The highest BCUT2D eigenvalue weighted by Gasteiger charge is 2.21. The third-order valence-electron chi connectivity index (χ3n) is 4.04. The smallest absolute Gasteiger partial charge is 0.239 e. The molecule has 8 nitrogen and oxygen atoms in total. The van der Waals surface area contributed by atoms with Gasteiger partial charge in [-0.15, -0.1) is 20.4 Å². The Morgan fingerprint density at radius 3 is 2.61 bits per heavy atom. The first-order valence-electron chi connectivity index (χ1n) is 8.82. The molecule has 1 N–H and O–H groups in total. The van der Waals surface area contributed by atoms with Gasteiger partial charge in [0.05, 0.1) is 12.4 Å². The largest absolute Gasteiger partial charge is 0.497 e. The standard InChI is InChI=1S/C18H22N6O2S2/c1-5-24-15(10-13-6-8-14(26-4)9-7-13)21-23-18(24)27-11(2)16(25)19-17-22-20-12(3)28-17/h6-9,11H,5,10H2,1-4H3,(H,19,22,25)/t11-/m1/s1. The Morgan fingerprint density at radius 1 is 1.25 bits per heavy atom. The van der Waals surface area contributed by atoms with Crippen molar-refractivity contribution in [2.24, 2.45) is 0 Å². The zero-order chi connectivity index (χ0) is 20.1. The van der Waals surface area contributed by atoms with Crippen LogP contribution in [0.2, 0.25) is 0 Å². The SMILES string of the molecule is CCn1c(Cc2ccc(OC)cc2)nnc1S[C@H](C)C(=O)Nc1nnc(C)s1. The van der Waals surface area contributed by atoms with Crippen LogP contribution in [0.1, 0.15) is 30.2 Å². The number of thioether (sulfide) groups is 1. The van der Waals surface area contributed by atoms with Crippen molar-refractivity contribution in [1.29, 1.82) is 0 Å². The Bertz CT molecular complexity index is 938. The van der Waals surface area contributed by atoms with Crippen molar-refractivity contribution in [3.63, 3.8) is 0 Å². The number of hydrogen-bond acceptors (Lipinski definition) is 8. The van der Waals surface area contributed by atoms with Gasteiger partial charge in [-0.2, -0.15) is 0 Å². The topological polar surface area (TPSA) is 94.8 Å². The van der Waals surface area contributed by atoms with Crippen molar-refractivity contribution in [3.05, 3.63) is 40.7 Å². The van der Waals surface area contributed by atoms with Crippen LogP contribution in [0.4, 0.5) is 5.13 Å². The number of benzene rings is 1. The van der Waals surface area contributed by atoms with Crippen LogP contribution in [-0.2, 0) is 17.8 Å². The summed E-state index contributed by atoms with van der Waals surface area (Å²) in [5, 5.41) is 21.0. The van der Waals surface area contributed by atoms with Crippen molar-refractivity contribution in [2.45, 2.75) is 44.1 Å². The fourth-order valence-corrected chi connectivity index (χ4v) is 4.07. The molecule has 0 aliphatic heterocycles. The highest BCUT2D eigenvalue weighted by atomic mass is 32.2. The van der Waals surface area contributed by atoms with Crippen LogP contribution in [0.5, 0.6) is 5.75 Å². The number of carbonyl (C=O) groups excluding carboxylic acids is 1. The lowest BCUT2D eigenvalue weighted by Gasteiger charge is -2.11. The zero-order valence-electron chi connectivity index (χ0n) is 16.2. The summed E-state index contributed by atoms with van der Waals surface area (Å²) in [6, 6.07) is 7.89. The molecule has 3 aromatic rings. The lowest BCUT2D eigenvalue weighted by Crippen LogP contribution is -2.23. The van der Waals surface area contributed by atoms with E-state index in [9.17, 15) is 4.79 Å². The number of aromatic nitrogens is 5. The highest BCUT2D eigenvalue weighted by Crippen LogP contribution is 2.25. The van der Waals surface area contributed by atoms with Crippen LogP contribution in [0.3, 0.4) is 0 Å². The van der Waals surface area contributed by atoms with Gasteiger partial charge in [0, 0.05) is 13.0 Å². The van der Waals surface area contributed by atoms with Crippen LogP contribution in [0.25, 0.3) is 0 Å². The molecule has 1 atom stereocenters. The summed E-state index contributed by atoms with van der Waals surface area (Å²) < 4.78 is 7.23. The average Bonchev–Trinajstić information content (AvgIpc) is 3.27. The fourth-order valence-electron chi connectivity index (χ4n) is 2.55. The third-order valence-corrected chi connectivity index (χ3v) is 5.87. The monoisotopic (exact) mass is 418 g/mol. The van der Waals surface area contributed by atoms with Gasteiger partial charge in [0.1, 0.15) is 16.6 Å². The van der Waals surface area contributed by atoms with E-state index in [0.29, 0.717) is 11.6 Å². The summed E-state index contributed by atoms with van der Waals surface area (Å²) in [5.41, 5.74) is 1.12. The molecule has 0 saturated heterocycles. The molecule has 0 aliphatic carbocycles. The Balaban J connectivity index is 1.67. The van der Waals surface area contributed by atoms with Gasteiger partial charge in [-0.25, -0.2) is 0 Å². The molecule has 3 rings (SSSR count). The summed E-state index contributed by atoms with van der Waals surface area (Å²) >= 11 is 2.73. The lowest BCUT2D eigenvalue weighted by atomic mass is 10.1. The molecule has 0 aliphatic rings. The molecule has 0 bridgehead atoms. The first-order chi connectivity index (χ1) is 13.5. The Hall–Kier alpha value is -2.46. The molecule has 0 fully saturated rings. The number of nitrogens with zero attached hydrogens (tertiary/aromatic N) is 5. The maximum Gasteiger partial charge on any atom is 0.239 e. The number of anilines is 1. The third kappa shape index (κ3) is 4.87. The quantitative estimate of drug-likeness (QED) is 0.561. The molecular formula is C18H22N6O2S2. The number of carbonyl (C=O) groups is 1. The van der Waals surface area contributed by atoms with E-state index in [-0.39, 0.29) is 11.2 Å². The maximum absolute atomic E-state index is 12.4. The minimum atomic E-state index is -0.340. The van der Waals surface area contributed by atoms with E-state index in [2.05, 4.69) is 25.7 Å². The number of nitrogens with one attached hydrogen (secondary N) is 1. The van der Waals surface area contributed by atoms with E-state index >= 15 is 0 Å². The van der Waals surface area contributed by atoms with Crippen LogP contribution in [-0.4, -0.2) is 43.2 Å². The van der Waals surface area contributed by atoms with E-state index in [1.807, 2.05) is 49.6 Å². The van der Waals surface area contributed by atoms with Crippen molar-refractivity contribution < 1.29 is 9.53 Å². The molecule has 148 valence electrons. The molecule has 2 heterocycles. The molecule has 2 aromatic heterocycles. The second-order valence-electron chi connectivity index (χ2n) is 6.04. The van der Waals surface area contributed by atoms with E-state index < -0.39 is 0 Å². The van der Waals surface area contributed by atoms with Crippen LogP contribution in [0, 0.1) is 6.92 Å².